The minimum absolute atomic E-state index is 0.0724. The number of hydrogen-bond donors (Lipinski definition) is 0. The third-order valence-electron chi connectivity index (χ3n) is 2.57. The maximum atomic E-state index is 13.7. The zero-order valence-corrected chi connectivity index (χ0v) is 10.5. The van der Waals surface area contributed by atoms with E-state index in [1.54, 1.807) is 25.2 Å². The summed E-state index contributed by atoms with van der Waals surface area (Å²) in [7, 11) is 2.90. The largest absolute Gasteiger partial charge is 0.464 e. The van der Waals surface area contributed by atoms with Crippen molar-refractivity contribution in [3.05, 3.63) is 48.2 Å². The lowest BCUT2D eigenvalue weighted by Crippen LogP contribution is -2.15. The molecule has 0 aliphatic carbocycles. The second kappa shape index (κ2) is 5.43. The molecule has 2 aromatic rings. The molecule has 19 heavy (non-hydrogen) atoms. The number of rotatable bonds is 3. The van der Waals surface area contributed by atoms with Crippen molar-refractivity contribution >= 4 is 17.5 Å². The molecule has 5 nitrogen and oxygen atoms in total. The first-order valence-electron chi connectivity index (χ1n) is 5.52. The van der Waals surface area contributed by atoms with E-state index in [0.29, 0.717) is 11.5 Å². The lowest BCUT2D eigenvalue weighted by atomic mass is 10.3. The van der Waals surface area contributed by atoms with Gasteiger partial charge in [-0.05, 0) is 12.1 Å². The van der Waals surface area contributed by atoms with E-state index in [9.17, 15) is 9.18 Å². The van der Waals surface area contributed by atoms with Crippen molar-refractivity contribution in [1.82, 2.24) is 9.97 Å². The van der Waals surface area contributed by atoms with Gasteiger partial charge < -0.3 is 9.64 Å². The van der Waals surface area contributed by atoms with Crippen LogP contribution in [0, 0.1) is 5.82 Å². The minimum Gasteiger partial charge on any atom is -0.464 e. The molecule has 1 aromatic heterocycles. The maximum Gasteiger partial charge on any atom is 0.358 e. The highest BCUT2D eigenvalue weighted by molar-refractivity contribution is 5.87. The number of hydrogen-bond acceptors (Lipinski definition) is 5. The van der Waals surface area contributed by atoms with Gasteiger partial charge in [0.2, 0.25) is 0 Å². The predicted molar refractivity (Wildman–Crippen MR) is 67.8 cm³/mol. The molecule has 0 radical (unpaired) electrons. The molecular formula is C13H12FN3O2. The molecule has 6 heteroatoms. The fraction of sp³-hybridized carbons (Fsp3) is 0.154. The number of carbonyl (C=O) groups excluding carboxylic acids is 1. The van der Waals surface area contributed by atoms with E-state index in [4.69, 9.17) is 0 Å². The summed E-state index contributed by atoms with van der Waals surface area (Å²) in [4.78, 5) is 20.9. The Labute approximate surface area is 109 Å². The molecule has 2 rings (SSSR count). The number of carbonyl (C=O) groups is 1. The molecule has 0 N–H and O–H groups in total. The smallest absolute Gasteiger partial charge is 0.358 e. The number of ether oxygens (including phenoxy) is 1. The third-order valence-corrected chi connectivity index (χ3v) is 2.57. The number of para-hydroxylation sites is 1. The van der Waals surface area contributed by atoms with Crippen molar-refractivity contribution in [1.29, 1.82) is 0 Å². The van der Waals surface area contributed by atoms with E-state index in [1.807, 2.05) is 0 Å². The van der Waals surface area contributed by atoms with E-state index in [-0.39, 0.29) is 11.5 Å². The standard InChI is InChI=1S/C13H12FN3O2/c1-17(11-6-4-3-5-9(11)14)12-8-15-7-10(16-12)13(18)19-2/h3-8H,1-2H3. The Kier molecular flexibility index (Phi) is 3.70. The summed E-state index contributed by atoms with van der Waals surface area (Å²) >= 11 is 0. The highest BCUT2D eigenvalue weighted by Gasteiger charge is 2.13. The molecule has 0 aliphatic rings. The van der Waals surface area contributed by atoms with E-state index < -0.39 is 5.97 Å². The van der Waals surface area contributed by atoms with E-state index >= 15 is 0 Å². The first-order chi connectivity index (χ1) is 9.13. The molecule has 0 amide bonds. The Morgan fingerprint density at radius 2 is 2.05 bits per heavy atom. The average molecular weight is 261 g/mol. The summed E-state index contributed by atoms with van der Waals surface area (Å²) in [5.41, 5.74) is 0.419. The Morgan fingerprint density at radius 3 is 2.74 bits per heavy atom. The predicted octanol–water partition coefficient (Wildman–Crippen LogP) is 2.17. The zero-order chi connectivity index (χ0) is 13.8. The molecule has 0 aliphatic heterocycles. The van der Waals surface area contributed by atoms with Crippen molar-refractivity contribution in [2.24, 2.45) is 0 Å². The van der Waals surface area contributed by atoms with Gasteiger partial charge in [0.05, 0.1) is 25.2 Å². The van der Waals surface area contributed by atoms with Gasteiger partial charge in [-0.3, -0.25) is 4.98 Å². The van der Waals surface area contributed by atoms with Crippen LogP contribution < -0.4 is 4.90 Å². The van der Waals surface area contributed by atoms with Gasteiger partial charge in [-0.15, -0.1) is 0 Å². The van der Waals surface area contributed by atoms with Gasteiger partial charge in [-0.25, -0.2) is 14.2 Å². The van der Waals surface area contributed by atoms with Crippen LogP contribution in [0.25, 0.3) is 0 Å². The Bertz CT molecular complexity index is 604. The molecule has 0 fully saturated rings. The lowest BCUT2D eigenvalue weighted by molar-refractivity contribution is 0.0593. The van der Waals surface area contributed by atoms with Crippen LogP contribution in [-0.4, -0.2) is 30.1 Å². The molecule has 0 saturated carbocycles. The van der Waals surface area contributed by atoms with Crippen LogP contribution in [0.4, 0.5) is 15.9 Å². The number of benzene rings is 1. The van der Waals surface area contributed by atoms with Gasteiger partial charge in [-0.2, -0.15) is 0 Å². The van der Waals surface area contributed by atoms with E-state index in [2.05, 4.69) is 14.7 Å². The molecule has 1 aromatic carbocycles. The number of nitrogens with zero attached hydrogens (tertiary/aromatic N) is 3. The first kappa shape index (κ1) is 12.9. The van der Waals surface area contributed by atoms with Crippen LogP contribution in [-0.2, 0) is 4.74 Å². The normalized spacial score (nSPS) is 10.1. The number of halogens is 1. The Balaban J connectivity index is 2.37. The van der Waals surface area contributed by atoms with Crippen LogP contribution in [0.3, 0.4) is 0 Å². The highest BCUT2D eigenvalue weighted by atomic mass is 19.1. The van der Waals surface area contributed by atoms with E-state index in [0.717, 1.165) is 0 Å². The molecule has 98 valence electrons. The monoisotopic (exact) mass is 261 g/mol. The summed E-state index contributed by atoms with van der Waals surface area (Å²) in [6.07, 6.45) is 2.74. The topological polar surface area (TPSA) is 55.3 Å². The Hall–Kier alpha value is -2.50. The molecule has 0 atom stereocenters. The average Bonchev–Trinajstić information content (AvgIpc) is 2.46. The van der Waals surface area contributed by atoms with Crippen LogP contribution in [0.2, 0.25) is 0 Å². The number of methoxy groups -OCH3 is 1. The lowest BCUT2D eigenvalue weighted by Gasteiger charge is -2.18. The van der Waals surface area contributed by atoms with E-state index in [1.165, 1.54) is 30.5 Å². The van der Waals surface area contributed by atoms with Gasteiger partial charge in [0.15, 0.2) is 11.5 Å². The molecule has 0 unspecified atom stereocenters. The molecule has 0 saturated heterocycles. The van der Waals surface area contributed by atoms with Crippen molar-refractivity contribution in [3.63, 3.8) is 0 Å². The summed E-state index contributed by atoms with van der Waals surface area (Å²) in [5, 5.41) is 0. The molecule has 0 spiro atoms. The fourth-order valence-corrected chi connectivity index (χ4v) is 1.57. The molecule has 1 heterocycles. The van der Waals surface area contributed by atoms with Gasteiger partial charge in [0.25, 0.3) is 0 Å². The summed E-state index contributed by atoms with van der Waals surface area (Å²) in [6.45, 7) is 0. The third kappa shape index (κ3) is 2.67. The van der Waals surface area contributed by atoms with Crippen LogP contribution in [0.5, 0.6) is 0 Å². The first-order valence-corrected chi connectivity index (χ1v) is 5.52. The maximum absolute atomic E-state index is 13.7. The van der Waals surface area contributed by atoms with Crippen molar-refractivity contribution < 1.29 is 13.9 Å². The van der Waals surface area contributed by atoms with Crippen LogP contribution >= 0.6 is 0 Å². The fourth-order valence-electron chi connectivity index (χ4n) is 1.57. The molecular weight excluding hydrogens is 249 g/mol. The highest BCUT2D eigenvalue weighted by Crippen LogP contribution is 2.23. The molecule has 0 bridgehead atoms. The quantitative estimate of drug-likeness (QED) is 0.792. The van der Waals surface area contributed by atoms with Crippen molar-refractivity contribution in [3.8, 4) is 0 Å². The van der Waals surface area contributed by atoms with Gasteiger partial charge >= 0.3 is 5.97 Å². The summed E-state index contributed by atoms with van der Waals surface area (Å²) < 4.78 is 18.2. The van der Waals surface area contributed by atoms with Crippen LogP contribution in [0.1, 0.15) is 10.5 Å². The number of anilines is 2. The van der Waals surface area contributed by atoms with Crippen LogP contribution in [0.15, 0.2) is 36.7 Å². The second-order valence-electron chi connectivity index (χ2n) is 3.76. The number of esters is 1. The van der Waals surface area contributed by atoms with Crippen molar-refractivity contribution in [2.75, 3.05) is 19.1 Å². The SMILES string of the molecule is COC(=O)c1cncc(N(C)c2ccccc2F)n1. The Morgan fingerprint density at radius 1 is 1.32 bits per heavy atom. The second-order valence-corrected chi connectivity index (χ2v) is 3.76. The summed E-state index contributed by atoms with van der Waals surface area (Å²) in [6, 6.07) is 6.28. The zero-order valence-electron chi connectivity index (χ0n) is 10.5. The van der Waals surface area contributed by atoms with Crippen molar-refractivity contribution in [2.45, 2.75) is 0 Å². The number of aromatic nitrogens is 2. The van der Waals surface area contributed by atoms with Gasteiger partial charge in [-0.1, -0.05) is 12.1 Å². The van der Waals surface area contributed by atoms with Gasteiger partial charge in [0, 0.05) is 7.05 Å². The summed E-state index contributed by atoms with van der Waals surface area (Å²) in [5.74, 6) is -0.612. The minimum atomic E-state index is -0.587. The van der Waals surface area contributed by atoms with Gasteiger partial charge in [0.1, 0.15) is 5.82 Å².